The third-order valence-electron chi connectivity index (χ3n) is 4.80. The van der Waals surface area contributed by atoms with Gasteiger partial charge in [0.2, 0.25) is 11.7 Å². The molecule has 1 atom stereocenters. The summed E-state index contributed by atoms with van der Waals surface area (Å²) in [6.45, 7) is 5.54. The molecule has 3 N–H and O–H groups in total. The highest BCUT2D eigenvalue weighted by Crippen LogP contribution is 2.17. The van der Waals surface area contributed by atoms with Crippen molar-refractivity contribution < 1.29 is 33.9 Å². The van der Waals surface area contributed by atoms with Crippen molar-refractivity contribution in [2.24, 2.45) is 0 Å². The molecule has 0 unspecified atom stereocenters. The molecule has 0 spiro atoms. The van der Waals surface area contributed by atoms with Gasteiger partial charge in [0.25, 0.3) is 12.4 Å². The summed E-state index contributed by atoms with van der Waals surface area (Å²) in [6.07, 6.45) is 1.29. The van der Waals surface area contributed by atoms with Gasteiger partial charge >= 0.3 is 5.97 Å². The summed E-state index contributed by atoms with van der Waals surface area (Å²) in [5.74, 6) is -0.399. The number of carboxylic acid groups (broad SMARTS) is 2. The van der Waals surface area contributed by atoms with E-state index in [0.717, 1.165) is 39.3 Å². The molecule has 3 rings (SSSR count). The number of morpholine rings is 1. The molecule has 1 fully saturated rings. The number of aromatic nitrogens is 2. The van der Waals surface area contributed by atoms with Gasteiger partial charge in [0.1, 0.15) is 0 Å². The average molecular weight is 448 g/mol. The molecular weight excluding hydrogens is 420 g/mol. The van der Waals surface area contributed by atoms with Gasteiger partial charge in [-0.15, -0.1) is 0 Å². The van der Waals surface area contributed by atoms with Crippen LogP contribution in [0.3, 0.4) is 0 Å². The first-order valence-corrected chi connectivity index (χ1v) is 10.2. The van der Waals surface area contributed by atoms with Crippen LogP contribution in [0.25, 0.3) is 11.4 Å². The van der Waals surface area contributed by atoms with Crippen molar-refractivity contribution in [1.29, 1.82) is 0 Å². The molecule has 0 bridgehead atoms. The number of benzene rings is 1. The minimum Gasteiger partial charge on any atom is -0.483 e. The fourth-order valence-corrected chi connectivity index (χ4v) is 3.31. The summed E-state index contributed by atoms with van der Waals surface area (Å²) in [4.78, 5) is 38.7. The van der Waals surface area contributed by atoms with E-state index < -0.39 is 12.0 Å². The highest BCUT2D eigenvalue weighted by Gasteiger charge is 2.19. The van der Waals surface area contributed by atoms with Crippen LogP contribution in [0.1, 0.15) is 35.5 Å². The Labute approximate surface area is 185 Å². The second kappa shape index (κ2) is 13.2. The molecule has 11 nitrogen and oxygen atoms in total. The Kier molecular flexibility index (Phi) is 10.3. The van der Waals surface area contributed by atoms with Gasteiger partial charge in [0.15, 0.2) is 0 Å². The van der Waals surface area contributed by atoms with E-state index in [9.17, 15) is 14.7 Å². The van der Waals surface area contributed by atoms with Crippen LogP contribution >= 0.6 is 0 Å². The first kappa shape index (κ1) is 25.0. The molecule has 1 saturated heterocycles. The maximum absolute atomic E-state index is 12.7. The zero-order valence-corrected chi connectivity index (χ0v) is 17.9. The zero-order valence-electron chi connectivity index (χ0n) is 17.9. The van der Waals surface area contributed by atoms with Crippen molar-refractivity contribution in [1.82, 2.24) is 20.4 Å². The smallest absolute Gasteiger partial charge is 0.305 e. The van der Waals surface area contributed by atoms with Crippen LogP contribution in [0.5, 0.6) is 0 Å². The van der Waals surface area contributed by atoms with Crippen LogP contribution in [-0.2, 0) is 14.3 Å². The standard InChI is InChI=1S/C20H26N4O5.CH2O2/c1-14-21-19(23-29-14)15-4-2-5-16(12-15)20(27)22-17(13-18(25)26)6-3-7-24-8-10-28-11-9-24;2-1-3/h2,4-5,12,17H,3,6-11,13H2,1H3,(H,22,27)(H,25,26);1H,(H,2,3)/t17-;/m0./s1. The summed E-state index contributed by atoms with van der Waals surface area (Å²) >= 11 is 0. The molecule has 1 aromatic carbocycles. The fourth-order valence-electron chi connectivity index (χ4n) is 3.31. The largest absolute Gasteiger partial charge is 0.483 e. The Morgan fingerprint density at radius 3 is 2.66 bits per heavy atom. The fraction of sp³-hybridized carbons (Fsp3) is 0.476. The quantitative estimate of drug-likeness (QED) is 0.480. The van der Waals surface area contributed by atoms with E-state index in [2.05, 4.69) is 20.4 Å². The summed E-state index contributed by atoms with van der Waals surface area (Å²) in [5.41, 5.74) is 1.09. The molecule has 174 valence electrons. The van der Waals surface area contributed by atoms with Gasteiger partial charge in [-0.2, -0.15) is 4.98 Å². The van der Waals surface area contributed by atoms with Gasteiger partial charge < -0.3 is 24.8 Å². The lowest BCUT2D eigenvalue weighted by Gasteiger charge is -2.27. The Balaban J connectivity index is 0.00000114. The number of rotatable bonds is 9. The summed E-state index contributed by atoms with van der Waals surface area (Å²) < 4.78 is 10.3. The first-order chi connectivity index (χ1) is 15.4. The molecule has 11 heteroatoms. The molecule has 1 aliphatic rings. The SMILES string of the molecule is Cc1nc(-c2cccc(C(=O)N[C@@H](CCCN3CCOCC3)CC(=O)O)c2)no1.O=CO. The normalized spacial score (nSPS) is 14.7. The zero-order chi connectivity index (χ0) is 23.3. The van der Waals surface area contributed by atoms with Gasteiger partial charge in [-0.05, 0) is 31.5 Å². The van der Waals surface area contributed by atoms with Gasteiger partial charge in [0, 0.05) is 37.2 Å². The van der Waals surface area contributed by atoms with E-state index in [1.807, 2.05) is 0 Å². The summed E-state index contributed by atoms with van der Waals surface area (Å²) in [7, 11) is 0. The van der Waals surface area contributed by atoms with Crippen molar-refractivity contribution in [2.45, 2.75) is 32.2 Å². The third-order valence-corrected chi connectivity index (χ3v) is 4.80. The summed E-state index contributed by atoms with van der Waals surface area (Å²) in [5, 5.41) is 22.8. The van der Waals surface area contributed by atoms with E-state index in [1.54, 1.807) is 31.2 Å². The number of amides is 1. The highest BCUT2D eigenvalue weighted by molar-refractivity contribution is 5.95. The minimum atomic E-state index is -0.933. The lowest BCUT2D eigenvalue weighted by atomic mass is 10.1. The molecule has 0 aliphatic carbocycles. The van der Waals surface area contributed by atoms with Crippen molar-refractivity contribution in [3.8, 4) is 11.4 Å². The number of carbonyl (C=O) groups excluding carboxylic acids is 1. The number of aliphatic carboxylic acids is 1. The number of nitrogens with zero attached hydrogens (tertiary/aromatic N) is 3. The first-order valence-electron chi connectivity index (χ1n) is 10.2. The van der Waals surface area contributed by atoms with E-state index in [4.69, 9.17) is 19.2 Å². The molecule has 32 heavy (non-hydrogen) atoms. The van der Waals surface area contributed by atoms with Crippen molar-refractivity contribution in [2.75, 3.05) is 32.8 Å². The Morgan fingerprint density at radius 2 is 2.03 bits per heavy atom. The van der Waals surface area contributed by atoms with Gasteiger partial charge in [-0.1, -0.05) is 17.3 Å². The highest BCUT2D eigenvalue weighted by atomic mass is 16.5. The lowest BCUT2D eigenvalue weighted by molar-refractivity contribution is -0.137. The van der Waals surface area contributed by atoms with E-state index in [1.165, 1.54) is 0 Å². The molecule has 1 aromatic heterocycles. The van der Waals surface area contributed by atoms with Gasteiger partial charge in [-0.25, -0.2) is 0 Å². The predicted molar refractivity (Wildman–Crippen MR) is 113 cm³/mol. The van der Waals surface area contributed by atoms with E-state index in [-0.39, 0.29) is 18.8 Å². The van der Waals surface area contributed by atoms with E-state index >= 15 is 0 Å². The number of nitrogens with one attached hydrogen (secondary N) is 1. The molecular formula is C21H28N4O7. The molecule has 2 aromatic rings. The Bertz CT molecular complexity index is 881. The average Bonchev–Trinajstić information content (AvgIpc) is 3.21. The van der Waals surface area contributed by atoms with Crippen molar-refractivity contribution in [3.63, 3.8) is 0 Å². The van der Waals surface area contributed by atoms with E-state index in [0.29, 0.717) is 29.3 Å². The minimum absolute atomic E-state index is 0.113. The molecule has 1 amide bonds. The monoisotopic (exact) mass is 448 g/mol. The number of ether oxygens (including phenoxy) is 1. The molecule has 0 radical (unpaired) electrons. The van der Waals surface area contributed by atoms with Crippen molar-refractivity contribution in [3.05, 3.63) is 35.7 Å². The molecule has 1 aliphatic heterocycles. The summed E-state index contributed by atoms with van der Waals surface area (Å²) in [6, 6.07) is 6.44. The van der Waals surface area contributed by atoms with Crippen LogP contribution in [0.4, 0.5) is 0 Å². The number of aryl methyl sites for hydroxylation is 1. The molecule has 0 saturated carbocycles. The lowest BCUT2D eigenvalue weighted by Crippen LogP contribution is -2.39. The number of carbonyl (C=O) groups is 3. The predicted octanol–water partition coefficient (Wildman–Crippen LogP) is 1.43. The number of carboxylic acids is 1. The van der Waals surface area contributed by atoms with Crippen LogP contribution < -0.4 is 5.32 Å². The molecule has 2 heterocycles. The number of hydrogen-bond donors (Lipinski definition) is 3. The topological polar surface area (TPSA) is 155 Å². The maximum Gasteiger partial charge on any atom is 0.305 e. The Morgan fingerprint density at radius 1 is 1.31 bits per heavy atom. The second-order valence-corrected chi connectivity index (χ2v) is 7.19. The number of hydrogen-bond acceptors (Lipinski definition) is 8. The Hall–Kier alpha value is -3.31. The van der Waals surface area contributed by atoms with Crippen molar-refractivity contribution >= 4 is 18.3 Å². The van der Waals surface area contributed by atoms with Crippen LogP contribution in [0.2, 0.25) is 0 Å². The van der Waals surface area contributed by atoms with Gasteiger partial charge in [-0.3, -0.25) is 19.3 Å². The van der Waals surface area contributed by atoms with Gasteiger partial charge in [0.05, 0.1) is 19.6 Å². The van der Waals surface area contributed by atoms with Crippen LogP contribution in [0.15, 0.2) is 28.8 Å². The van der Waals surface area contributed by atoms with Crippen LogP contribution in [-0.4, -0.2) is 82.5 Å². The maximum atomic E-state index is 12.7. The van der Waals surface area contributed by atoms with Crippen LogP contribution in [0, 0.1) is 6.92 Å². The third kappa shape index (κ3) is 8.44. The second-order valence-electron chi connectivity index (χ2n) is 7.19.